The maximum atomic E-state index is 11.7. The second kappa shape index (κ2) is 5.86. The van der Waals surface area contributed by atoms with E-state index in [1.54, 1.807) is 0 Å². The van der Waals surface area contributed by atoms with E-state index in [0.717, 1.165) is 24.2 Å². The summed E-state index contributed by atoms with van der Waals surface area (Å²) < 4.78 is 0. The van der Waals surface area contributed by atoms with Gasteiger partial charge in [0, 0.05) is 6.04 Å². The zero-order valence-corrected chi connectivity index (χ0v) is 10.9. The summed E-state index contributed by atoms with van der Waals surface area (Å²) in [5.41, 5.74) is 1.56. The third-order valence-electron chi connectivity index (χ3n) is 3.25. The van der Waals surface area contributed by atoms with Crippen LogP contribution in [-0.2, 0) is 4.79 Å². The van der Waals surface area contributed by atoms with Crippen molar-refractivity contribution < 1.29 is 4.79 Å². The fourth-order valence-electron chi connectivity index (χ4n) is 2.05. The van der Waals surface area contributed by atoms with Crippen molar-refractivity contribution in [3.63, 3.8) is 0 Å². The van der Waals surface area contributed by atoms with Crippen LogP contribution in [0.3, 0.4) is 0 Å². The zero-order chi connectivity index (χ0) is 13.0. The highest BCUT2D eigenvalue weighted by molar-refractivity contribution is 5.90. The van der Waals surface area contributed by atoms with E-state index in [9.17, 15) is 4.79 Å². The van der Waals surface area contributed by atoms with Crippen molar-refractivity contribution in [1.82, 2.24) is 20.5 Å². The lowest BCUT2D eigenvalue weighted by Crippen LogP contribution is -2.34. The third-order valence-corrected chi connectivity index (χ3v) is 3.25. The number of nitrogens with zero attached hydrogens (tertiary/aromatic N) is 3. The van der Waals surface area contributed by atoms with Crippen molar-refractivity contribution in [2.24, 2.45) is 0 Å². The average Bonchev–Trinajstić information content (AvgIpc) is 2.84. The Morgan fingerprint density at radius 3 is 2.61 bits per heavy atom. The van der Waals surface area contributed by atoms with Gasteiger partial charge in [0.15, 0.2) is 0 Å². The van der Waals surface area contributed by atoms with Gasteiger partial charge in [0.25, 0.3) is 0 Å². The molecule has 0 saturated heterocycles. The monoisotopic (exact) mass is 249 g/mol. The largest absolute Gasteiger partial charge is 0.306 e. The van der Waals surface area contributed by atoms with Gasteiger partial charge in [0.2, 0.25) is 11.9 Å². The molecular weight excluding hydrogens is 230 g/mol. The Morgan fingerprint density at radius 2 is 1.94 bits per heavy atom. The molecule has 0 unspecified atom stereocenters. The number of carbonyl (C=O) groups is 1. The highest BCUT2D eigenvalue weighted by Crippen LogP contribution is 2.17. The highest BCUT2D eigenvalue weighted by Gasteiger charge is 2.15. The molecule has 6 nitrogen and oxygen atoms in total. The number of nitrogens with one attached hydrogen (secondary N) is 2. The molecule has 0 radical (unpaired) electrons. The summed E-state index contributed by atoms with van der Waals surface area (Å²) in [6.07, 6.45) is 4.83. The van der Waals surface area contributed by atoms with E-state index in [4.69, 9.17) is 0 Å². The van der Waals surface area contributed by atoms with Crippen LogP contribution < -0.4 is 10.6 Å². The van der Waals surface area contributed by atoms with Gasteiger partial charge in [-0.2, -0.15) is 5.10 Å². The Morgan fingerprint density at radius 1 is 1.22 bits per heavy atom. The summed E-state index contributed by atoms with van der Waals surface area (Å²) >= 11 is 0. The van der Waals surface area contributed by atoms with Crippen LogP contribution in [0.25, 0.3) is 0 Å². The highest BCUT2D eigenvalue weighted by atomic mass is 16.2. The molecule has 0 bridgehead atoms. The van der Waals surface area contributed by atoms with Crippen LogP contribution >= 0.6 is 0 Å². The van der Waals surface area contributed by atoms with Crippen molar-refractivity contribution in [3.8, 4) is 0 Å². The predicted molar refractivity (Wildman–Crippen MR) is 68.2 cm³/mol. The minimum Gasteiger partial charge on any atom is -0.306 e. The summed E-state index contributed by atoms with van der Waals surface area (Å²) in [5, 5.41) is 13.6. The van der Waals surface area contributed by atoms with Crippen LogP contribution in [0, 0.1) is 13.8 Å². The molecule has 2 rings (SSSR count). The Bertz CT molecular complexity index is 428. The average molecular weight is 249 g/mol. The van der Waals surface area contributed by atoms with Crippen LogP contribution in [0.15, 0.2) is 0 Å². The van der Waals surface area contributed by atoms with E-state index in [1.807, 2.05) is 13.8 Å². The first-order valence-electron chi connectivity index (χ1n) is 6.36. The smallest absolute Gasteiger partial charge is 0.249 e. The SMILES string of the molecule is Cc1nnc(NC(=O)CNC2CCCC2)nc1C. The number of hydrogen-bond donors (Lipinski definition) is 2. The summed E-state index contributed by atoms with van der Waals surface area (Å²) in [4.78, 5) is 15.8. The molecule has 1 heterocycles. The van der Waals surface area contributed by atoms with Gasteiger partial charge in [-0.1, -0.05) is 12.8 Å². The molecule has 0 aromatic carbocycles. The molecule has 0 spiro atoms. The molecular formula is C12H19N5O. The van der Waals surface area contributed by atoms with Crippen LogP contribution in [0.2, 0.25) is 0 Å². The number of aromatic nitrogens is 3. The summed E-state index contributed by atoms with van der Waals surface area (Å²) in [6, 6.07) is 0.481. The maximum absolute atomic E-state index is 11.7. The van der Waals surface area contributed by atoms with E-state index >= 15 is 0 Å². The van der Waals surface area contributed by atoms with Gasteiger partial charge in [0.1, 0.15) is 0 Å². The van der Waals surface area contributed by atoms with Gasteiger partial charge >= 0.3 is 0 Å². The zero-order valence-electron chi connectivity index (χ0n) is 10.9. The molecule has 1 aliphatic carbocycles. The number of rotatable bonds is 4. The van der Waals surface area contributed by atoms with Crippen molar-refractivity contribution >= 4 is 11.9 Å². The second-order valence-electron chi connectivity index (χ2n) is 4.72. The van der Waals surface area contributed by atoms with E-state index in [1.165, 1.54) is 12.8 Å². The lowest BCUT2D eigenvalue weighted by molar-refractivity contribution is -0.115. The lowest BCUT2D eigenvalue weighted by atomic mass is 10.2. The molecule has 2 N–H and O–H groups in total. The molecule has 1 aromatic rings. The van der Waals surface area contributed by atoms with E-state index in [0.29, 0.717) is 12.6 Å². The number of hydrogen-bond acceptors (Lipinski definition) is 5. The van der Waals surface area contributed by atoms with E-state index in [2.05, 4.69) is 25.8 Å². The summed E-state index contributed by atoms with van der Waals surface area (Å²) in [5.74, 6) is 0.156. The van der Waals surface area contributed by atoms with Crippen LogP contribution in [0.4, 0.5) is 5.95 Å². The molecule has 1 aliphatic rings. The Kier molecular flexibility index (Phi) is 4.19. The normalized spacial score (nSPS) is 15.9. The fraction of sp³-hybridized carbons (Fsp3) is 0.667. The fourth-order valence-corrected chi connectivity index (χ4v) is 2.05. The van der Waals surface area contributed by atoms with Crippen LogP contribution in [0.5, 0.6) is 0 Å². The number of anilines is 1. The van der Waals surface area contributed by atoms with Crippen molar-refractivity contribution in [3.05, 3.63) is 11.4 Å². The molecule has 18 heavy (non-hydrogen) atoms. The van der Waals surface area contributed by atoms with Gasteiger partial charge < -0.3 is 5.32 Å². The van der Waals surface area contributed by atoms with Crippen LogP contribution in [-0.4, -0.2) is 33.7 Å². The molecule has 0 aliphatic heterocycles. The summed E-state index contributed by atoms with van der Waals surface area (Å²) in [7, 11) is 0. The second-order valence-corrected chi connectivity index (χ2v) is 4.72. The molecule has 98 valence electrons. The van der Waals surface area contributed by atoms with Gasteiger partial charge in [0.05, 0.1) is 17.9 Å². The first-order chi connectivity index (χ1) is 8.65. The van der Waals surface area contributed by atoms with Crippen molar-refractivity contribution in [1.29, 1.82) is 0 Å². The van der Waals surface area contributed by atoms with E-state index < -0.39 is 0 Å². The Labute approximate surface area is 107 Å². The number of aryl methyl sites for hydroxylation is 2. The quantitative estimate of drug-likeness (QED) is 0.830. The molecule has 1 amide bonds. The first-order valence-corrected chi connectivity index (χ1v) is 6.36. The minimum atomic E-state index is -0.119. The standard InChI is InChI=1S/C12H19N5O/c1-8-9(2)16-17-12(14-8)15-11(18)7-13-10-5-3-4-6-10/h10,13H,3-7H2,1-2H3,(H,14,15,17,18). The molecule has 0 atom stereocenters. The molecule has 6 heteroatoms. The van der Waals surface area contributed by atoms with Gasteiger partial charge in [-0.15, -0.1) is 5.10 Å². The Hall–Kier alpha value is -1.56. The molecule has 1 fully saturated rings. The van der Waals surface area contributed by atoms with Crippen molar-refractivity contribution in [2.75, 3.05) is 11.9 Å². The topological polar surface area (TPSA) is 79.8 Å². The first kappa shape index (κ1) is 12.9. The molecule has 1 aromatic heterocycles. The van der Waals surface area contributed by atoms with Crippen molar-refractivity contribution in [2.45, 2.75) is 45.6 Å². The maximum Gasteiger partial charge on any atom is 0.249 e. The molecule has 1 saturated carbocycles. The lowest BCUT2D eigenvalue weighted by Gasteiger charge is -2.11. The number of amides is 1. The number of carbonyl (C=O) groups excluding carboxylic acids is 1. The Balaban J connectivity index is 1.80. The van der Waals surface area contributed by atoms with E-state index in [-0.39, 0.29) is 11.9 Å². The predicted octanol–water partition coefficient (Wildman–Crippen LogP) is 0.959. The van der Waals surface area contributed by atoms with Crippen LogP contribution in [0.1, 0.15) is 37.1 Å². The minimum absolute atomic E-state index is 0.119. The third kappa shape index (κ3) is 3.46. The van der Waals surface area contributed by atoms with Gasteiger partial charge in [-0.3, -0.25) is 10.1 Å². The van der Waals surface area contributed by atoms with Gasteiger partial charge in [-0.25, -0.2) is 4.98 Å². The van der Waals surface area contributed by atoms with Gasteiger partial charge in [-0.05, 0) is 26.7 Å². The summed E-state index contributed by atoms with van der Waals surface area (Å²) in [6.45, 7) is 3.99.